The van der Waals surface area contributed by atoms with E-state index >= 15 is 0 Å². The Labute approximate surface area is 193 Å². The predicted molar refractivity (Wildman–Crippen MR) is 127 cm³/mol. The summed E-state index contributed by atoms with van der Waals surface area (Å²) < 4.78 is 24.1. The van der Waals surface area contributed by atoms with E-state index < -0.39 is 12.1 Å². The quantitative estimate of drug-likeness (QED) is 0.273. The maximum absolute atomic E-state index is 13.6. The summed E-state index contributed by atoms with van der Waals surface area (Å²) in [7, 11) is 1.32. The number of hydrogen-bond donors (Lipinski definition) is 2. The summed E-state index contributed by atoms with van der Waals surface area (Å²) in [6.45, 7) is 2.88. The fraction of sp³-hybridized carbons (Fsp3) is 0.222. The highest BCUT2D eigenvalue weighted by Gasteiger charge is 2.14. The molecule has 0 aromatic heterocycles. The first kappa shape index (κ1) is 24.2. The molecule has 0 fully saturated rings. The lowest BCUT2D eigenvalue weighted by atomic mass is 10.0. The van der Waals surface area contributed by atoms with E-state index in [1.807, 2.05) is 30.3 Å². The van der Waals surface area contributed by atoms with E-state index in [4.69, 9.17) is 9.47 Å². The number of rotatable bonds is 10. The molecule has 2 N–H and O–H groups in total. The van der Waals surface area contributed by atoms with Crippen LogP contribution in [0.5, 0.6) is 5.75 Å². The number of carbonyl (C=O) groups excluding carboxylic acids is 1. The van der Waals surface area contributed by atoms with Crippen molar-refractivity contribution in [1.29, 1.82) is 0 Å². The Balaban J connectivity index is 1.59. The molecule has 6 heteroatoms. The monoisotopic (exact) mass is 449 g/mol. The van der Waals surface area contributed by atoms with Crippen molar-refractivity contribution in [3.63, 3.8) is 0 Å². The average molecular weight is 450 g/mol. The first-order chi connectivity index (χ1) is 16.0. The van der Waals surface area contributed by atoms with E-state index in [1.54, 1.807) is 49.4 Å². The summed E-state index contributed by atoms with van der Waals surface area (Å²) in [5.41, 5.74) is 3.32. The molecule has 0 radical (unpaired) electrons. The summed E-state index contributed by atoms with van der Waals surface area (Å²) in [5.74, 6) is -0.223. The molecule has 5 nitrogen and oxygen atoms in total. The fourth-order valence-electron chi connectivity index (χ4n) is 3.26. The third-order valence-corrected chi connectivity index (χ3v) is 5.06. The molecule has 0 heterocycles. The molecule has 0 saturated heterocycles. The van der Waals surface area contributed by atoms with Crippen LogP contribution in [-0.4, -0.2) is 37.4 Å². The third-order valence-electron chi connectivity index (χ3n) is 5.06. The van der Waals surface area contributed by atoms with Crippen molar-refractivity contribution in [3.8, 4) is 5.75 Å². The van der Waals surface area contributed by atoms with Crippen LogP contribution in [0.25, 0.3) is 11.6 Å². The van der Waals surface area contributed by atoms with Gasteiger partial charge in [-0.25, -0.2) is 9.18 Å². The van der Waals surface area contributed by atoms with Gasteiger partial charge in [0, 0.05) is 13.1 Å². The maximum Gasteiger partial charge on any atom is 0.338 e. The minimum Gasteiger partial charge on any atom is -0.491 e. The van der Waals surface area contributed by atoms with Crippen molar-refractivity contribution in [3.05, 3.63) is 101 Å². The second kappa shape index (κ2) is 11.9. The van der Waals surface area contributed by atoms with Crippen LogP contribution in [-0.2, 0) is 16.1 Å². The van der Waals surface area contributed by atoms with E-state index in [2.05, 4.69) is 5.32 Å². The second-order valence-electron chi connectivity index (χ2n) is 7.66. The van der Waals surface area contributed by atoms with Gasteiger partial charge < -0.3 is 19.9 Å². The SMILES string of the molecule is COC(=O)/C(=C\c1ccc(F)c(C)c1)c1ccc(OCC(O)CNCc2ccccc2)cc1. The molecular formula is C27H28FNO4. The maximum atomic E-state index is 13.6. The average Bonchev–Trinajstić information content (AvgIpc) is 2.84. The largest absolute Gasteiger partial charge is 0.491 e. The number of nitrogens with one attached hydrogen (secondary N) is 1. The van der Waals surface area contributed by atoms with Crippen LogP contribution in [0.4, 0.5) is 4.39 Å². The van der Waals surface area contributed by atoms with Crippen molar-refractivity contribution >= 4 is 17.6 Å². The summed E-state index contributed by atoms with van der Waals surface area (Å²) in [5, 5.41) is 13.4. The Bertz CT molecular complexity index is 1080. The molecule has 1 atom stereocenters. The van der Waals surface area contributed by atoms with E-state index in [0.717, 1.165) is 5.56 Å². The van der Waals surface area contributed by atoms with Crippen molar-refractivity contribution in [1.82, 2.24) is 5.32 Å². The predicted octanol–water partition coefficient (Wildman–Crippen LogP) is 4.38. The standard InChI is InChI=1S/C27H28FNO4/c1-19-14-21(8-13-26(19)28)15-25(27(31)32-2)22-9-11-24(12-10-22)33-18-23(30)17-29-16-20-6-4-3-5-7-20/h3-15,23,29-30H,16-18H2,1-2H3/b25-15-. The van der Waals surface area contributed by atoms with Crippen LogP contribution in [0, 0.1) is 12.7 Å². The number of halogens is 1. The molecule has 0 bridgehead atoms. The molecule has 3 rings (SSSR count). The van der Waals surface area contributed by atoms with Gasteiger partial charge in [0.2, 0.25) is 0 Å². The number of esters is 1. The zero-order chi connectivity index (χ0) is 23.6. The van der Waals surface area contributed by atoms with Crippen molar-refractivity contribution in [2.75, 3.05) is 20.3 Å². The van der Waals surface area contributed by atoms with E-state index in [9.17, 15) is 14.3 Å². The minimum absolute atomic E-state index is 0.135. The molecule has 0 spiro atoms. The number of ether oxygens (including phenoxy) is 2. The first-order valence-corrected chi connectivity index (χ1v) is 10.7. The number of aryl methyl sites for hydroxylation is 1. The topological polar surface area (TPSA) is 67.8 Å². The summed E-state index contributed by atoms with van der Waals surface area (Å²) in [6.07, 6.45) is 0.997. The number of benzene rings is 3. The Kier molecular flexibility index (Phi) is 8.75. The van der Waals surface area contributed by atoms with Crippen LogP contribution in [0.15, 0.2) is 72.8 Å². The Morgan fingerprint density at radius 3 is 2.48 bits per heavy atom. The lowest BCUT2D eigenvalue weighted by Crippen LogP contribution is -2.31. The number of carbonyl (C=O) groups is 1. The van der Waals surface area contributed by atoms with Gasteiger partial charge in [-0.2, -0.15) is 0 Å². The molecule has 1 unspecified atom stereocenters. The number of aliphatic hydroxyl groups excluding tert-OH is 1. The minimum atomic E-state index is -0.666. The smallest absolute Gasteiger partial charge is 0.338 e. The van der Waals surface area contributed by atoms with Gasteiger partial charge in [-0.1, -0.05) is 48.5 Å². The van der Waals surface area contributed by atoms with Gasteiger partial charge in [0.25, 0.3) is 0 Å². The molecule has 0 aliphatic carbocycles. The van der Waals surface area contributed by atoms with Crippen LogP contribution < -0.4 is 10.1 Å². The number of aliphatic hydroxyl groups is 1. The summed E-state index contributed by atoms with van der Waals surface area (Å²) >= 11 is 0. The third kappa shape index (κ3) is 7.27. The lowest BCUT2D eigenvalue weighted by Gasteiger charge is -2.14. The Hall–Kier alpha value is -3.48. The van der Waals surface area contributed by atoms with Crippen molar-refractivity contribution < 1.29 is 23.8 Å². The van der Waals surface area contributed by atoms with Crippen LogP contribution in [0.2, 0.25) is 0 Å². The van der Waals surface area contributed by atoms with Crippen LogP contribution in [0.3, 0.4) is 0 Å². The van der Waals surface area contributed by atoms with Crippen LogP contribution >= 0.6 is 0 Å². The van der Waals surface area contributed by atoms with E-state index in [0.29, 0.717) is 41.1 Å². The second-order valence-corrected chi connectivity index (χ2v) is 7.66. The molecule has 0 aliphatic rings. The van der Waals surface area contributed by atoms with Gasteiger partial charge >= 0.3 is 5.97 Å². The van der Waals surface area contributed by atoms with Crippen molar-refractivity contribution in [2.24, 2.45) is 0 Å². The first-order valence-electron chi connectivity index (χ1n) is 10.7. The van der Waals surface area contributed by atoms with Gasteiger partial charge in [-0.15, -0.1) is 0 Å². The normalized spacial score (nSPS) is 12.3. The summed E-state index contributed by atoms with van der Waals surface area (Å²) in [6, 6.07) is 21.5. The highest BCUT2D eigenvalue weighted by molar-refractivity contribution is 6.21. The Morgan fingerprint density at radius 1 is 1.09 bits per heavy atom. The zero-order valence-electron chi connectivity index (χ0n) is 18.8. The van der Waals surface area contributed by atoms with Crippen LogP contribution in [0.1, 0.15) is 22.3 Å². The molecule has 0 amide bonds. The van der Waals surface area contributed by atoms with E-state index in [1.165, 1.54) is 13.2 Å². The molecule has 0 saturated carbocycles. The fourth-order valence-corrected chi connectivity index (χ4v) is 3.26. The highest BCUT2D eigenvalue weighted by Crippen LogP contribution is 2.23. The van der Waals surface area contributed by atoms with Gasteiger partial charge in [0.05, 0.1) is 12.7 Å². The van der Waals surface area contributed by atoms with Gasteiger partial charge in [-0.3, -0.25) is 0 Å². The van der Waals surface area contributed by atoms with Gasteiger partial charge in [0.15, 0.2) is 0 Å². The molecule has 3 aromatic rings. The highest BCUT2D eigenvalue weighted by atomic mass is 19.1. The lowest BCUT2D eigenvalue weighted by molar-refractivity contribution is -0.133. The zero-order valence-corrected chi connectivity index (χ0v) is 18.8. The molecule has 3 aromatic carbocycles. The van der Waals surface area contributed by atoms with Gasteiger partial charge in [0.1, 0.15) is 24.3 Å². The number of methoxy groups -OCH3 is 1. The Morgan fingerprint density at radius 2 is 1.82 bits per heavy atom. The number of hydrogen-bond acceptors (Lipinski definition) is 5. The van der Waals surface area contributed by atoms with Gasteiger partial charge in [-0.05, 0) is 59.5 Å². The molecule has 0 aliphatic heterocycles. The van der Waals surface area contributed by atoms with Crippen molar-refractivity contribution in [2.45, 2.75) is 19.6 Å². The van der Waals surface area contributed by atoms with E-state index in [-0.39, 0.29) is 12.4 Å². The molecular weight excluding hydrogens is 421 g/mol. The summed E-state index contributed by atoms with van der Waals surface area (Å²) in [4.78, 5) is 12.3. The molecule has 172 valence electrons. The molecule has 33 heavy (non-hydrogen) atoms.